The van der Waals surface area contributed by atoms with Crippen molar-refractivity contribution in [2.45, 2.75) is 20.3 Å². The molecule has 4 rings (SSSR count). The third-order valence-corrected chi connectivity index (χ3v) is 6.60. The first-order chi connectivity index (χ1) is 13.0. The number of nitrogens with zero attached hydrogens (tertiary/aromatic N) is 3. The first kappa shape index (κ1) is 18.3. The third-order valence-electron chi connectivity index (χ3n) is 5.03. The quantitative estimate of drug-likeness (QED) is 0.652. The molecule has 1 saturated heterocycles. The lowest BCUT2D eigenvalue weighted by molar-refractivity contribution is -0.130. The van der Waals surface area contributed by atoms with E-state index in [1.54, 1.807) is 11.3 Å². The summed E-state index contributed by atoms with van der Waals surface area (Å²) in [4.78, 5) is 21.7. The van der Waals surface area contributed by atoms with Crippen LogP contribution in [0.5, 0.6) is 0 Å². The second-order valence-corrected chi connectivity index (χ2v) is 8.46. The summed E-state index contributed by atoms with van der Waals surface area (Å²) in [6.07, 6.45) is 0.470. The van der Waals surface area contributed by atoms with Crippen molar-refractivity contribution in [3.05, 3.63) is 58.1 Å². The summed E-state index contributed by atoms with van der Waals surface area (Å²) in [7, 11) is 0. The standard InChI is InChI=1S/C21H22ClN3OS/c1-14-4-3-5-16(12-14)13-18(26)24-8-10-25(11-9-24)21-23-19-15(2)6-7-17(22)20(19)27-21/h3-7,12H,8-11,13H2,1-2H3. The Morgan fingerprint density at radius 3 is 2.63 bits per heavy atom. The van der Waals surface area contributed by atoms with Gasteiger partial charge in [-0.25, -0.2) is 4.98 Å². The van der Waals surface area contributed by atoms with Gasteiger partial charge in [0, 0.05) is 26.2 Å². The van der Waals surface area contributed by atoms with Crippen LogP contribution in [0.3, 0.4) is 0 Å². The van der Waals surface area contributed by atoms with E-state index in [0.717, 1.165) is 57.7 Å². The lowest BCUT2D eigenvalue weighted by atomic mass is 10.1. The first-order valence-corrected chi connectivity index (χ1v) is 10.3. The van der Waals surface area contributed by atoms with E-state index in [1.165, 1.54) is 5.56 Å². The Bertz CT molecular complexity index is 953. The van der Waals surface area contributed by atoms with Crippen LogP contribution in [0.25, 0.3) is 10.2 Å². The van der Waals surface area contributed by atoms with Gasteiger partial charge in [-0.05, 0) is 31.0 Å². The van der Waals surface area contributed by atoms with E-state index in [9.17, 15) is 4.79 Å². The van der Waals surface area contributed by atoms with E-state index in [-0.39, 0.29) is 5.91 Å². The van der Waals surface area contributed by atoms with Gasteiger partial charge in [0.2, 0.25) is 5.91 Å². The van der Waals surface area contributed by atoms with Gasteiger partial charge in [0.25, 0.3) is 0 Å². The zero-order valence-corrected chi connectivity index (χ0v) is 17.1. The minimum atomic E-state index is 0.198. The monoisotopic (exact) mass is 399 g/mol. The largest absolute Gasteiger partial charge is 0.345 e. The topological polar surface area (TPSA) is 36.4 Å². The molecule has 1 amide bonds. The van der Waals surface area contributed by atoms with Crippen LogP contribution in [-0.4, -0.2) is 42.0 Å². The fraction of sp³-hybridized carbons (Fsp3) is 0.333. The minimum absolute atomic E-state index is 0.198. The van der Waals surface area contributed by atoms with Gasteiger partial charge in [-0.15, -0.1) is 0 Å². The highest BCUT2D eigenvalue weighted by molar-refractivity contribution is 7.22. The molecule has 1 aliphatic heterocycles. The predicted molar refractivity (Wildman–Crippen MR) is 113 cm³/mol. The number of carbonyl (C=O) groups is 1. The Morgan fingerprint density at radius 2 is 1.93 bits per heavy atom. The summed E-state index contributed by atoms with van der Waals surface area (Å²) in [6, 6.07) is 12.1. The maximum atomic E-state index is 12.6. The molecule has 0 saturated carbocycles. The number of piperazine rings is 1. The highest BCUT2D eigenvalue weighted by Crippen LogP contribution is 2.35. The van der Waals surface area contributed by atoms with E-state index < -0.39 is 0 Å². The molecule has 1 aliphatic rings. The normalized spacial score (nSPS) is 14.8. The van der Waals surface area contributed by atoms with Gasteiger partial charge in [-0.3, -0.25) is 4.79 Å². The van der Waals surface area contributed by atoms with E-state index in [1.807, 2.05) is 29.2 Å². The summed E-state index contributed by atoms with van der Waals surface area (Å²) in [5, 5.41) is 1.75. The van der Waals surface area contributed by atoms with E-state index in [2.05, 4.69) is 30.9 Å². The highest BCUT2D eigenvalue weighted by atomic mass is 35.5. The van der Waals surface area contributed by atoms with Crippen molar-refractivity contribution in [2.75, 3.05) is 31.1 Å². The lowest BCUT2D eigenvalue weighted by Gasteiger charge is -2.34. The van der Waals surface area contributed by atoms with Crippen LogP contribution < -0.4 is 4.90 Å². The summed E-state index contributed by atoms with van der Waals surface area (Å²) >= 11 is 7.97. The Kier molecular flexibility index (Phi) is 5.06. The molecule has 4 nitrogen and oxygen atoms in total. The third kappa shape index (κ3) is 3.80. The maximum absolute atomic E-state index is 12.6. The molecule has 0 N–H and O–H groups in total. The van der Waals surface area contributed by atoms with Gasteiger partial charge >= 0.3 is 0 Å². The molecule has 6 heteroatoms. The lowest BCUT2D eigenvalue weighted by Crippen LogP contribution is -2.49. The number of aromatic nitrogens is 1. The van der Waals surface area contributed by atoms with Crippen LogP contribution in [0, 0.1) is 13.8 Å². The molecule has 2 aromatic carbocycles. The zero-order valence-electron chi connectivity index (χ0n) is 15.5. The summed E-state index contributed by atoms with van der Waals surface area (Å²) in [5.41, 5.74) is 4.40. The second kappa shape index (κ2) is 7.49. The number of fused-ring (bicyclic) bond motifs is 1. The summed E-state index contributed by atoms with van der Waals surface area (Å²) in [5.74, 6) is 0.198. The van der Waals surface area contributed by atoms with Gasteiger partial charge in [0.05, 0.1) is 21.7 Å². The van der Waals surface area contributed by atoms with Crippen LogP contribution in [0.1, 0.15) is 16.7 Å². The molecule has 0 spiro atoms. The Morgan fingerprint density at radius 1 is 1.15 bits per heavy atom. The van der Waals surface area contributed by atoms with Gasteiger partial charge in [-0.1, -0.05) is 58.8 Å². The van der Waals surface area contributed by atoms with Crippen molar-refractivity contribution in [3.8, 4) is 0 Å². The molecule has 0 bridgehead atoms. The Labute approximate surface area is 168 Å². The number of anilines is 1. The first-order valence-electron chi connectivity index (χ1n) is 9.15. The van der Waals surface area contributed by atoms with E-state index in [4.69, 9.17) is 16.6 Å². The fourth-order valence-corrected chi connectivity index (χ4v) is 4.85. The number of amides is 1. The summed E-state index contributed by atoms with van der Waals surface area (Å²) < 4.78 is 1.05. The van der Waals surface area contributed by atoms with Crippen molar-refractivity contribution < 1.29 is 4.79 Å². The van der Waals surface area contributed by atoms with Crippen LogP contribution >= 0.6 is 22.9 Å². The van der Waals surface area contributed by atoms with Crippen molar-refractivity contribution in [3.63, 3.8) is 0 Å². The van der Waals surface area contributed by atoms with Gasteiger partial charge in [0.1, 0.15) is 0 Å². The van der Waals surface area contributed by atoms with Gasteiger partial charge in [0.15, 0.2) is 5.13 Å². The molecule has 2 heterocycles. The molecule has 0 atom stereocenters. The molecule has 0 unspecified atom stereocenters. The molecule has 140 valence electrons. The average molecular weight is 400 g/mol. The SMILES string of the molecule is Cc1cccc(CC(=O)N2CCN(c3nc4c(C)ccc(Cl)c4s3)CC2)c1. The molecule has 27 heavy (non-hydrogen) atoms. The number of benzene rings is 2. The Balaban J connectivity index is 1.42. The smallest absolute Gasteiger partial charge is 0.227 e. The van der Waals surface area contributed by atoms with E-state index in [0.29, 0.717) is 6.42 Å². The molecular formula is C21H22ClN3OS. The van der Waals surface area contributed by atoms with Crippen LogP contribution in [-0.2, 0) is 11.2 Å². The van der Waals surface area contributed by atoms with Gasteiger partial charge < -0.3 is 9.80 Å². The van der Waals surface area contributed by atoms with Gasteiger partial charge in [-0.2, -0.15) is 0 Å². The molecule has 1 fully saturated rings. The number of hydrogen-bond acceptors (Lipinski definition) is 4. The number of rotatable bonds is 3. The predicted octanol–water partition coefficient (Wildman–Crippen LogP) is 4.46. The minimum Gasteiger partial charge on any atom is -0.345 e. The number of aryl methyl sites for hydroxylation is 2. The summed E-state index contributed by atoms with van der Waals surface area (Å²) in [6.45, 7) is 7.18. The molecule has 0 aliphatic carbocycles. The average Bonchev–Trinajstić information content (AvgIpc) is 3.12. The van der Waals surface area contributed by atoms with E-state index >= 15 is 0 Å². The van der Waals surface area contributed by atoms with Crippen molar-refractivity contribution >= 4 is 44.2 Å². The fourth-order valence-electron chi connectivity index (χ4n) is 3.48. The number of carbonyl (C=O) groups excluding carboxylic acids is 1. The number of hydrogen-bond donors (Lipinski definition) is 0. The molecular weight excluding hydrogens is 378 g/mol. The maximum Gasteiger partial charge on any atom is 0.227 e. The van der Waals surface area contributed by atoms with Crippen LogP contribution in [0.15, 0.2) is 36.4 Å². The number of halogens is 1. The molecule has 0 radical (unpaired) electrons. The molecule has 1 aromatic heterocycles. The second-order valence-electron chi connectivity index (χ2n) is 7.07. The number of thiazole rings is 1. The Hall–Kier alpha value is -2.11. The zero-order chi connectivity index (χ0) is 19.0. The van der Waals surface area contributed by atoms with Crippen molar-refractivity contribution in [2.24, 2.45) is 0 Å². The van der Waals surface area contributed by atoms with Crippen molar-refractivity contribution in [1.82, 2.24) is 9.88 Å². The van der Waals surface area contributed by atoms with Crippen LogP contribution in [0.2, 0.25) is 5.02 Å². The van der Waals surface area contributed by atoms with Crippen LogP contribution in [0.4, 0.5) is 5.13 Å². The van der Waals surface area contributed by atoms with Crippen molar-refractivity contribution in [1.29, 1.82) is 0 Å². The highest BCUT2D eigenvalue weighted by Gasteiger charge is 2.23. The molecule has 3 aromatic rings.